The monoisotopic (exact) mass is 175 g/mol. The van der Waals surface area contributed by atoms with E-state index in [0.717, 1.165) is 12.0 Å². The smallest absolute Gasteiger partial charge is 0.227 e. The van der Waals surface area contributed by atoms with Gasteiger partial charge in [0.15, 0.2) is 0 Å². The second-order valence-electron chi connectivity index (χ2n) is 3.61. The van der Waals surface area contributed by atoms with E-state index in [4.69, 9.17) is 0 Å². The summed E-state index contributed by atoms with van der Waals surface area (Å²) in [6, 6.07) is 10.3. The topological polar surface area (TPSA) is 29.1 Å². The molecule has 0 aliphatic carbocycles. The van der Waals surface area contributed by atoms with Crippen molar-refractivity contribution in [3.8, 4) is 0 Å². The number of carbonyl (C=O) groups is 1. The molecular formula is C11H13NO. The Bertz CT molecular complexity index is 307. The first kappa shape index (κ1) is 8.30. The van der Waals surface area contributed by atoms with Crippen molar-refractivity contribution in [2.75, 3.05) is 0 Å². The highest BCUT2D eigenvalue weighted by molar-refractivity contribution is 5.86. The van der Waals surface area contributed by atoms with Crippen LogP contribution in [-0.2, 0) is 4.79 Å². The molecule has 0 spiro atoms. The fraction of sp³-hybridized carbons (Fsp3) is 0.364. The summed E-state index contributed by atoms with van der Waals surface area (Å²) in [6.45, 7) is 2.04. The third kappa shape index (κ3) is 1.57. The Morgan fingerprint density at radius 2 is 2.00 bits per heavy atom. The van der Waals surface area contributed by atoms with E-state index >= 15 is 0 Å². The van der Waals surface area contributed by atoms with E-state index in [2.05, 4.69) is 5.32 Å². The van der Waals surface area contributed by atoms with Gasteiger partial charge in [0.25, 0.3) is 0 Å². The Hall–Kier alpha value is -1.31. The van der Waals surface area contributed by atoms with Crippen molar-refractivity contribution in [1.29, 1.82) is 0 Å². The molecule has 0 bridgehead atoms. The lowest BCUT2D eigenvalue weighted by Gasteiger charge is -2.05. The number of amides is 1. The predicted octanol–water partition coefficient (Wildman–Crippen LogP) is 1.68. The molecule has 1 aliphatic rings. The molecular weight excluding hydrogens is 162 g/mol. The molecule has 0 radical (unpaired) electrons. The maximum Gasteiger partial charge on any atom is 0.227 e. The Balaban J connectivity index is 2.23. The van der Waals surface area contributed by atoms with Gasteiger partial charge in [-0.15, -0.1) is 0 Å². The average Bonchev–Trinajstić information content (AvgIpc) is 2.47. The number of rotatable bonds is 1. The molecule has 2 heteroatoms. The van der Waals surface area contributed by atoms with Gasteiger partial charge in [-0.25, -0.2) is 0 Å². The molecule has 2 unspecified atom stereocenters. The van der Waals surface area contributed by atoms with Gasteiger partial charge in [0.1, 0.15) is 0 Å². The van der Waals surface area contributed by atoms with E-state index < -0.39 is 0 Å². The van der Waals surface area contributed by atoms with Crippen molar-refractivity contribution in [3.05, 3.63) is 35.9 Å². The second-order valence-corrected chi connectivity index (χ2v) is 3.61. The van der Waals surface area contributed by atoms with Gasteiger partial charge in [-0.1, -0.05) is 30.3 Å². The summed E-state index contributed by atoms with van der Waals surface area (Å²) < 4.78 is 0. The Morgan fingerprint density at radius 1 is 1.31 bits per heavy atom. The SMILES string of the molecule is CC1CC(c2ccccc2)C(=O)N1. The number of hydrogen-bond donors (Lipinski definition) is 1. The van der Waals surface area contributed by atoms with E-state index in [1.165, 1.54) is 0 Å². The molecule has 13 heavy (non-hydrogen) atoms. The lowest BCUT2D eigenvalue weighted by Crippen LogP contribution is -2.23. The van der Waals surface area contributed by atoms with Gasteiger partial charge in [-0.3, -0.25) is 4.79 Å². The minimum Gasteiger partial charge on any atom is -0.353 e. The molecule has 1 N–H and O–H groups in total. The molecule has 2 nitrogen and oxygen atoms in total. The maximum atomic E-state index is 11.5. The lowest BCUT2D eigenvalue weighted by atomic mass is 9.96. The number of benzene rings is 1. The maximum absolute atomic E-state index is 11.5. The molecule has 1 aliphatic heterocycles. The quantitative estimate of drug-likeness (QED) is 0.691. The zero-order valence-electron chi connectivity index (χ0n) is 7.66. The summed E-state index contributed by atoms with van der Waals surface area (Å²) >= 11 is 0. The van der Waals surface area contributed by atoms with E-state index in [0.29, 0.717) is 6.04 Å². The first-order valence-electron chi connectivity index (χ1n) is 4.62. The number of carbonyl (C=O) groups excluding carboxylic acids is 1. The van der Waals surface area contributed by atoms with Crippen molar-refractivity contribution in [1.82, 2.24) is 5.32 Å². The number of hydrogen-bond acceptors (Lipinski definition) is 1. The molecule has 1 saturated heterocycles. The summed E-state index contributed by atoms with van der Waals surface area (Å²) in [7, 11) is 0. The third-order valence-electron chi connectivity index (χ3n) is 2.50. The van der Waals surface area contributed by atoms with Crippen molar-refractivity contribution in [3.63, 3.8) is 0 Å². The molecule has 1 aromatic rings. The van der Waals surface area contributed by atoms with Gasteiger partial charge in [0.2, 0.25) is 5.91 Å². The first-order chi connectivity index (χ1) is 6.27. The van der Waals surface area contributed by atoms with Crippen LogP contribution in [0.2, 0.25) is 0 Å². The van der Waals surface area contributed by atoms with Crippen molar-refractivity contribution in [2.24, 2.45) is 0 Å². The molecule has 1 amide bonds. The van der Waals surface area contributed by atoms with Gasteiger partial charge >= 0.3 is 0 Å². The fourth-order valence-corrected chi connectivity index (χ4v) is 1.84. The van der Waals surface area contributed by atoms with Crippen LogP contribution >= 0.6 is 0 Å². The summed E-state index contributed by atoms with van der Waals surface area (Å²) in [5, 5.41) is 2.93. The first-order valence-corrected chi connectivity index (χ1v) is 4.62. The molecule has 1 heterocycles. The molecule has 68 valence electrons. The van der Waals surface area contributed by atoms with Gasteiger partial charge in [0, 0.05) is 6.04 Å². The zero-order valence-corrected chi connectivity index (χ0v) is 7.66. The molecule has 2 atom stereocenters. The van der Waals surface area contributed by atoms with Gasteiger partial charge in [0.05, 0.1) is 5.92 Å². The van der Waals surface area contributed by atoms with Gasteiger partial charge in [-0.2, -0.15) is 0 Å². The molecule has 2 rings (SSSR count). The van der Waals surface area contributed by atoms with E-state index in [1.54, 1.807) is 0 Å². The summed E-state index contributed by atoms with van der Waals surface area (Å²) in [5.74, 6) is 0.231. The molecule has 0 aromatic heterocycles. The van der Waals surface area contributed by atoms with Crippen LogP contribution in [0.5, 0.6) is 0 Å². The second kappa shape index (κ2) is 3.21. The largest absolute Gasteiger partial charge is 0.353 e. The van der Waals surface area contributed by atoms with Crippen LogP contribution in [0, 0.1) is 0 Å². The third-order valence-corrected chi connectivity index (χ3v) is 2.50. The van der Waals surface area contributed by atoms with Crippen molar-refractivity contribution in [2.45, 2.75) is 25.3 Å². The molecule has 0 saturated carbocycles. The highest BCUT2D eigenvalue weighted by atomic mass is 16.2. The van der Waals surface area contributed by atoms with Gasteiger partial charge < -0.3 is 5.32 Å². The van der Waals surface area contributed by atoms with Crippen LogP contribution in [-0.4, -0.2) is 11.9 Å². The van der Waals surface area contributed by atoms with Crippen LogP contribution < -0.4 is 5.32 Å². The summed E-state index contributed by atoms with van der Waals surface area (Å²) in [4.78, 5) is 11.5. The summed E-state index contributed by atoms with van der Waals surface area (Å²) in [6.07, 6.45) is 0.919. The Labute approximate surface area is 78.0 Å². The lowest BCUT2D eigenvalue weighted by molar-refractivity contribution is -0.120. The summed E-state index contributed by atoms with van der Waals surface area (Å²) in [5.41, 5.74) is 1.13. The molecule has 1 fully saturated rings. The van der Waals surface area contributed by atoms with Crippen LogP contribution in [0.4, 0.5) is 0 Å². The van der Waals surface area contributed by atoms with Crippen LogP contribution in [0.3, 0.4) is 0 Å². The number of nitrogens with one attached hydrogen (secondary N) is 1. The highest BCUT2D eigenvalue weighted by Crippen LogP contribution is 2.26. The van der Waals surface area contributed by atoms with Crippen LogP contribution in [0.15, 0.2) is 30.3 Å². The Morgan fingerprint density at radius 3 is 2.54 bits per heavy atom. The van der Waals surface area contributed by atoms with Crippen LogP contribution in [0.25, 0.3) is 0 Å². The minimum atomic E-state index is 0.0659. The molecule has 1 aromatic carbocycles. The van der Waals surface area contributed by atoms with E-state index in [9.17, 15) is 4.79 Å². The van der Waals surface area contributed by atoms with Crippen LogP contribution in [0.1, 0.15) is 24.8 Å². The predicted molar refractivity (Wildman–Crippen MR) is 51.4 cm³/mol. The standard InChI is InChI=1S/C11H13NO/c1-8-7-10(11(13)12-8)9-5-3-2-4-6-9/h2-6,8,10H,7H2,1H3,(H,12,13). The van der Waals surface area contributed by atoms with Gasteiger partial charge in [-0.05, 0) is 18.9 Å². The Kier molecular flexibility index (Phi) is 2.05. The van der Waals surface area contributed by atoms with E-state index in [1.807, 2.05) is 37.3 Å². The fourth-order valence-electron chi connectivity index (χ4n) is 1.84. The minimum absolute atomic E-state index is 0.0659. The normalized spacial score (nSPS) is 27.3. The average molecular weight is 175 g/mol. The van der Waals surface area contributed by atoms with Crippen molar-refractivity contribution < 1.29 is 4.79 Å². The van der Waals surface area contributed by atoms with E-state index in [-0.39, 0.29) is 11.8 Å². The zero-order chi connectivity index (χ0) is 9.26. The van der Waals surface area contributed by atoms with Crippen molar-refractivity contribution >= 4 is 5.91 Å². The highest BCUT2D eigenvalue weighted by Gasteiger charge is 2.29.